The van der Waals surface area contributed by atoms with Crippen LogP contribution in [-0.4, -0.2) is 47.3 Å². The molecule has 1 spiro atoms. The van der Waals surface area contributed by atoms with Crippen LogP contribution in [0.15, 0.2) is 54.6 Å². The maximum Gasteiger partial charge on any atom is 0.415 e. The van der Waals surface area contributed by atoms with Crippen molar-refractivity contribution in [3.63, 3.8) is 0 Å². The molecule has 2 aliphatic heterocycles. The molecular formula is C30H31FN2O4. The third kappa shape index (κ3) is 4.96. The number of hydrogen-bond acceptors (Lipinski definition) is 4. The predicted molar refractivity (Wildman–Crippen MR) is 141 cm³/mol. The average Bonchev–Trinajstić information content (AvgIpc) is 3.17. The Morgan fingerprint density at radius 2 is 1.62 bits per heavy atom. The smallest absolute Gasteiger partial charge is 0.415 e. The molecule has 3 aromatic rings. The lowest BCUT2D eigenvalue weighted by atomic mass is 9.89. The lowest BCUT2D eigenvalue weighted by Crippen LogP contribution is -2.46. The summed E-state index contributed by atoms with van der Waals surface area (Å²) < 4.78 is 19.5. The van der Waals surface area contributed by atoms with Crippen molar-refractivity contribution in [1.29, 1.82) is 0 Å². The lowest BCUT2D eigenvalue weighted by molar-refractivity contribution is -0.000987. The lowest BCUT2D eigenvalue weighted by Gasteiger charge is -2.37. The van der Waals surface area contributed by atoms with E-state index in [0.717, 1.165) is 49.2 Å². The van der Waals surface area contributed by atoms with Crippen LogP contribution in [0.25, 0.3) is 11.1 Å². The van der Waals surface area contributed by atoms with Crippen LogP contribution < -0.4 is 4.90 Å². The van der Waals surface area contributed by atoms with Gasteiger partial charge >= 0.3 is 12.1 Å². The molecule has 2 heterocycles. The summed E-state index contributed by atoms with van der Waals surface area (Å²) in [6.45, 7) is 9.07. The largest absolute Gasteiger partial charge is 0.478 e. The number of hydrogen-bond donors (Lipinski definition) is 1. The number of anilines is 1. The number of nitrogens with zero attached hydrogens (tertiary/aromatic N) is 2. The molecule has 3 aromatic carbocycles. The van der Waals surface area contributed by atoms with Gasteiger partial charge in [-0.1, -0.05) is 18.2 Å². The number of aromatic carboxylic acids is 1. The molecule has 0 unspecified atom stereocenters. The first kappa shape index (κ1) is 25.0. The summed E-state index contributed by atoms with van der Waals surface area (Å²) in [6.07, 6.45) is 1.11. The van der Waals surface area contributed by atoms with Crippen molar-refractivity contribution < 1.29 is 23.8 Å². The van der Waals surface area contributed by atoms with Gasteiger partial charge in [-0.2, -0.15) is 0 Å². The van der Waals surface area contributed by atoms with E-state index in [1.54, 1.807) is 23.1 Å². The first-order valence-electron chi connectivity index (χ1n) is 12.6. The fourth-order valence-corrected chi connectivity index (χ4v) is 5.72. The van der Waals surface area contributed by atoms with Crippen LogP contribution in [-0.2, 0) is 11.3 Å². The van der Waals surface area contributed by atoms with Crippen LogP contribution in [0.3, 0.4) is 0 Å². The van der Waals surface area contributed by atoms with Gasteiger partial charge in [-0.15, -0.1) is 0 Å². The molecule has 2 fully saturated rings. The van der Waals surface area contributed by atoms with Crippen LogP contribution in [0.4, 0.5) is 14.9 Å². The van der Waals surface area contributed by atoms with E-state index >= 15 is 0 Å². The van der Waals surface area contributed by atoms with E-state index < -0.39 is 11.6 Å². The van der Waals surface area contributed by atoms with Gasteiger partial charge in [0.2, 0.25) is 0 Å². The molecule has 0 saturated carbocycles. The average molecular weight is 503 g/mol. The Hall–Kier alpha value is -3.71. The first-order valence-corrected chi connectivity index (χ1v) is 12.6. The topological polar surface area (TPSA) is 70.1 Å². The summed E-state index contributed by atoms with van der Waals surface area (Å²) in [5.74, 6) is -1.21. The van der Waals surface area contributed by atoms with E-state index in [1.165, 1.54) is 34.9 Å². The molecule has 1 amide bonds. The molecule has 6 nitrogen and oxygen atoms in total. The fourth-order valence-electron chi connectivity index (χ4n) is 5.72. The van der Waals surface area contributed by atoms with Gasteiger partial charge in [0.25, 0.3) is 0 Å². The number of carboxylic acid groups (broad SMARTS) is 1. The number of amides is 1. The molecule has 0 atom stereocenters. The Kier molecular flexibility index (Phi) is 6.50. The zero-order valence-corrected chi connectivity index (χ0v) is 21.4. The molecule has 2 aliphatic rings. The number of carboxylic acids is 1. The van der Waals surface area contributed by atoms with E-state index in [2.05, 4.69) is 30.9 Å². The number of ether oxygens (including phenoxy) is 1. The van der Waals surface area contributed by atoms with Crippen LogP contribution in [0.2, 0.25) is 0 Å². The van der Waals surface area contributed by atoms with Crippen LogP contribution in [0, 0.1) is 26.6 Å². The second-order valence-electron chi connectivity index (χ2n) is 10.3. The first-order chi connectivity index (χ1) is 17.6. The zero-order chi connectivity index (χ0) is 26.3. The third-order valence-corrected chi connectivity index (χ3v) is 7.62. The van der Waals surface area contributed by atoms with Gasteiger partial charge < -0.3 is 9.84 Å². The van der Waals surface area contributed by atoms with Gasteiger partial charge in [-0.05, 0) is 90.6 Å². The number of likely N-dealkylation sites (tertiary alicyclic amines) is 1. The minimum absolute atomic E-state index is 0.186. The molecule has 5 rings (SSSR count). The van der Waals surface area contributed by atoms with E-state index in [1.807, 2.05) is 13.0 Å². The zero-order valence-electron chi connectivity index (χ0n) is 21.4. The second kappa shape index (κ2) is 9.63. The molecule has 192 valence electrons. The molecule has 2 saturated heterocycles. The van der Waals surface area contributed by atoms with Gasteiger partial charge in [0.1, 0.15) is 11.4 Å². The van der Waals surface area contributed by atoms with Crippen molar-refractivity contribution in [3.8, 4) is 11.1 Å². The van der Waals surface area contributed by atoms with E-state index in [9.17, 15) is 14.0 Å². The molecule has 37 heavy (non-hydrogen) atoms. The summed E-state index contributed by atoms with van der Waals surface area (Å²) in [5, 5.41) is 9.12. The summed E-state index contributed by atoms with van der Waals surface area (Å²) in [5.41, 5.74) is 7.05. The highest BCUT2D eigenvalue weighted by atomic mass is 19.1. The number of aryl methyl sites for hydroxylation is 3. The predicted octanol–water partition coefficient (Wildman–Crippen LogP) is 6.11. The Labute approximate surface area is 216 Å². The number of carbonyl (C=O) groups excluding carboxylic acids is 1. The Bertz CT molecular complexity index is 1340. The molecule has 0 radical (unpaired) electrons. The highest BCUT2D eigenvalue weighted by Gasteiger charge is 2.47. The van der Waals surface area contributed by atoms with Gasteiger partial charge in [0, 0.05) is 38.2 Å². The number of halogens is 1. The third-order valence-electron chi connectivity index (χ3n) is 7.62. The number of rotatable bonds is 5. The molecule has 7 heteroatoms. The standard InChI is InChI=1S/C30H31FN2O4/c1-19-16-24(31)6-9-26(19)27-20(2)14-22(15-21(27)3)17-32-12-10-30(11-13-32)18-33(29(36)37-30)25-7-4-23(5-8-25)28(34)35/h4-9,14-16H,10-13,17-18H2,1-3H3,(H,34,35). The van der Waals surface area contributed by atoms with Crippen molar-refractivity contribution in [3.05, 3.63) is 88.2 Å². The Balaban J connectivity index is 1.24. The summed E-state index contributed by atoms with van der Waals surface area (Å²) >= 11 is 0. The number of carbonyl (C=O) groups is 2. The van der Waals surface area contributed by atoms with E-state index in [-0.39, 0.29) is 17.5 Å². The van der Waals surface area contributed by atoms with E-state index in [0.29, 0.717) is 12.2 Å². The van der Waals surface area contributed by atoms with Crippen molar-refractivity contribution in [2.45, 2.75) is 45.8 Å². The number of benzene rings is 3. The minimum atomic E-state index is -0.995. The maximum absolute atomic E-state index is 13.6. The van der Waals surface area contributed by atoms with Crippen LogP contribution in [0.1, 0.15) is 45.5 Å². The monoisotopic (exact) mass is 502 g/mol. The highest BCUT2D eigenvalue weighted by Crippen LogP contribution is 2.37. The quantitative estimate of drug-likeness (QED) is 0.456. The molecule has 0 bridgehead atoms. The highest BCUT2D eigenvalue weighted by molar-refractivity contribution is 5.92. The van der Waals surface area contributed by atoms with Crippen LogP contribution in [0.5, 0.6) is 0 Å². The van der Waals surface area contributed by atoms with Gasteiger partial charge in [-0.25, -0.2) is 14.0 Å². The van der Waals surface area contributed by atoms with Crippen molar-refractivity contribution >= 4 is 17.7 Å². The van der Waals surface area contributed by atoms with Crippen molar-refractivity contribution in [2.75, 3.05) is 24.5 Å². The van der Waals surface area contributed by atoms with E-state index in [4.69, 9.17) is 9.84 Å². The SMILES string of the molecule is Cc1cc(F)ccc1-c1c(C)cc(CN2CCC3(CC2)CN(c2ccc(C(=O)O)cc2)C(=O)O3)cc1C. The Morgan fingerprint density at radius 1 is 0.973 bits per heavy atom. The van der Waals surface area contributed by atoms with Crippen molar-refractivity contribution in [1.82, 2.24) is 4.90 Å². The van der Waals surface area contributed by atoms with Crippen LogP contribution >= 0.6 is 0 Å². The van der Waals surface area contributed by atoms with Gasteiger partial charge in [-0.3, -0.25) is 9.80 Å². The molecular weight excluding hydrogens is 471 g/mol. The molecule has 0 aromatic heterocycles. The van der Waals surface area contributed by atoms with Gasteiger partial charge in [0.15, 0.2) is 0 Å². The Morgan fingerprint density at radius 3 is 2.22 bits per heavy atom. The second-order valence-corrected chi connectivity index (χ2v) is 10.3. The molecule has 1 N–H and O–H groups in total. The summed E-state index contributed by atoms with van der Waals surface area (Å²) in [7, 11) is 0. The minimum Gasteiger partial charge on any atom is -0.478 e. The summed E-state index contributed by atoms with van der Waals surface area (Å²) in [4.78, 5) is 27.8. The summed E-state index contributed by atoms with van der Waals surface area (Å²) in [6, 6.07) is 15.7. The number of piperidine rings is 1. The normalized spacial score (nSPS) is 17.3. The van der Waals surface area contributed by atoms with Crippen molar-refractivity contribution in [2.24, 2.45) is 0 Å². The fraction of sp³-hybridized carbons (Fsp3) is 0.333. The van der Waals surface area contributed by atoms with Gasteiger partial charge in [0.05, 0.1) is 12.1 Å². The maximum atomic E-state index is 13.6. The molecule has 0 aliphatic carbocycles.